The number of nitrogens with zero attached hydrogens (tertiary/aromatic N) is 2. The molecule has 0 fully saturated rings. The van der Waals surface area contributed by atoms with E-state index in [9.17, 15) is 4.79 Å². The Labute approximate surface area is 161 Å². The molecule has 6 nitrogen and oxygen atoms in total. The molecule has 0 radical (unpaired) electrons. The van der Waals surface area contributed by atoms with Crippen LogP contribution in [0, 0.1) is 13.8 Å². The lowest BCUT2D eigenvalue weighted by Gasteiger charge is -2.10. The molecule has 0 saturated carbocycles. The Morgan fingerprint density at radius 2 is 1.89 bits per heavy atom. The number of fused-ring (bicyclic) bond motifs is 1. The maximum atomic E-state index is 12.4. The van der Waals surface area contributed by atoms with Gasteiger partial charge >= 0.3 is 0 Å². The number of aromatic nitrogens is 2. The van der Waals surface area contributed by atoms with Gasteiger partial charge in [0.15, 0.2) is 16.6 Å². The number of benzene rings is 1. The predicted molar refractivity (Wildman–Crippen MR) is 105 cm³/mol. The molecule has 3 heterocycles. The Morgan fingerprint density at radius 1 is 1.15 bits per heavy atom. The number of carbonyl (C=O) groups excluding carboxylic acids is 1. The predicted octanol–water partition coefficient (Wildman–Crippen LogP) is 3.89. The van der Waals surface area contributed by atoms with Crippen LogP contribution in [0.1, 0.15) is 23.5 Å². The van der Waals surface area contributed by atoms with Crippen molar-refractivity contribution in [3.63, 3.8) is 0 Å². The van der Waals surface area contributed by atoms with Crippen LogP contribution in [0.4, 0.5) is 5.69 Å². The van der Waals surface area contributed by atoms with E-state index in [1.54, 1.807) is 17.4 Å². The van der Waals surface area contributed by atoms with E-state index in [-0.39, 0.29) is 12.3 Å². The molecule has 140 valence electrons. The molecule has 1 amide bonds. The summed E-state index contributed by atoms with van der Waals surface area (Å²) in [5.41, 5.74) is 3.71. The summed E-state index contributed by atoms with van der Waals surface area (Å²) < 4.78 is 13.4. The third-order valence-corrected chi connectivity index (χ3v) is 5.25. The number of ether oxygens (including phenoxy) is 2. The van der Waals surface area contributed by atoms with Crippen molar-refractivity contribution in [2.45, 2.75) is 26.7 Å². The summed E-state index contributed by atoms with van der Waals surface area (Å²) in [6.45, 7) is 5.35. The molecule has 2 aromatic heterocycles. The van der Waals surface area contributed by atoms with Crippen molar-refractivity contribution >= 4 is 22.9 Å². The Kier molecular flexibility index (Phi) is 4.85. The highest BCUT2D eigenvalue weighted by Crippen LogP contribution is 2.32. The lowest BCUT2D eigenvalue weighted by atomic mass is 10.2. The summed E-state index contributed by atoms with van der Waals surface area (Å²) in [5, 5.41) is 5.73. The first-order valence-electron chi connectivity index (χ1n) is 8.89. The van der Waals surface area contributed by atoms with Crippen LogP contribution in [0.5, 0.6) is 11.5 Å². The van der Waals surface area contributed by atoms with Crippen LogP contribution in [-0.2, 0) is 11.2 Å². The molecule has 0 atom stereocenters. The van der Waals surface area contributed by atoms with Crippen LogP contribution < -0.4 is 14.8 Å². The van der Waals surface area contributed by atoms with E-state index in [2.05, 4.69) is 27.0 Å². The molecule has 1 aromatic carbocycles. The molecule has 0 unspecified atom stereocenters. The standard InChI is InChI=1S/C20H21N3O3S/c1-13-4-5-14(2)23(13)20-22-16(12-27-20)11-19(24)21-15-6-7-17-18(10-15)26-9-3-8-25-17/h4-7,10,12H,3,8-9,11H2,1-2H3,(H,21,24). The van der Waals surface area contributed by atoms with Gasteiger partial charge in [-0.05, 0) is 38.1 Å². The fourth-order valence-corrected chi connectivity index (χ4v) is 4.00. The largest absolute Gasteiger partial charge is 0.490 e. The van der Waals surface area contributed by atoms with Gasteiger partial charge in [-0.25, -0.2) is 4.98 Å². The van der Waals surface area contributed by atoms with Crippen LogP contribution >= 0.6 is 11.3 Å². The number of hydrogen-bond acceptors (Lipinski definition) is 5. The molecule has 1 aliphatic rings. The highest BCUT2D eigenvalue weighted by atomic mass is 32.1. The second kappa shape index (κ2) is 7.44. The monoisotopic (exact) mass is 383 g/mol. The zero-order valence-electron chi connectivity index (χ0n) is 15.3. The van der Waals surface area contributed by atoms with Crippen molar-refractivity contribution in [2.75, 3.05) is 18.5 Å². The quantitative estimate of drug-likeness (QED) is 0.742. The number of nitrogens with one attached hydrogen (secondary N) is 1. The average molecular weight is 383 g/mol. The summed E-state index contributed by atoms with van der Waals surface area (Å²) in [5.74, 6) is 1.27. The van der Waals surface area contributed by atoms with Crippen LogP contribution in [0.25, 0.3) is 5.13 Å². The van der Waals surface area contributed by atoms with Crippen LogP contribution in [0.2, 0.25) is 0 Å². The molecule has 27 heavy (non-hydrogen) atoms. The normalized spacial score (nSPS) is 13.3. The van der Waals surface area contributed by atoms with Gasteiger partial charge in [0.2, 0.25) is 5.91 Å². The lowest BCUT2D eigenvalue weighted by molar-refractivity contribution is -0.115. The van der Waals surface area contributed by atoms with Crippen LogP contribution in [-0.4, -0.2) is 28.7 Å². The third kappa shape index (κ3) is 3.83. The minimum Gasteiger partial charge on any atom is -0.490 e. The summed E-state index contributed by atoms with van der Waals surface area (Å²) in [6, 6.07) is 9.58. The van der Waals surface area contributed by atoms with E-state index in [0.29, 0.717) is 30.4 Å². The molecular formula is C20H21N3O3S. The van der Waals surface area contributed by atoms with Crippen molar-refractivity contribution in [3.05, 3.63) is 52.8 Å². The fourth-order valence-electron chi connectivity index (χ4n) is 3.06. The molecule has 3 aromatic rings. The van der Waals surface area contributed by atoms with Crippen molar-refractivity contribution in [1.82, 2.24) is 9.55 Å². The van der Waals surface area contributed by atoms with Gasteiger partial charge in [0.1, 0.15) is 0 Å². The van der Waals surface area contributed by atoms with Crippen molar-refractivity contribution in [1.29, 1.82) is 0 Å². The number of aryl methyl sites for hydroxylation is 2. The number of hydrogen-bond donors (Lipinski definition) is 1. The summed E-state index contributed by atoms with van der Waals surface area (Å²) >= 11 is 1.54. The maximum Gasteiger partial charge on any atom is 0.230 e. The molecule has 1 N–H and O–H groups in total. The first kappa shape index (κ1) is 17.6. The van der Waals surface area contributed by atoms with Gasteiger partial charge in [0, 0.05) is 34.9 Å². The first-order valence-corrected chi connectivity index (χ1v) is 9.77. The Hall–Kier alpha value is -2.80. The Morgan fingerprint density at radius 3 is 2.67 bits per heavy atom. The molecule has 7 heteroatoms. The summed E-state index contributed by atoms with van der Waals surface area (Å²) in [6.07, 6.45) is 1.08. The highest BCUT2D eigenvalue weighted by molar-refractivity contribution is 7.12. The van der Waals surface area contributed by atoms with Gasteiger partial charge in [-0.15, -0.1) is 11.3 Å². The minimum atomic E-state index is -0.109. The van der Waals surface area contributed by atoms with E-state index in [0.717, 1.165) is 28.6 Å². The number of carbonyl (C=O) groups is 1. The summed E-state index contributed by atoms with van der Waals surface area (Å²) in [4.78, 5) is 17.0. The molecule has 4 rings (SSSR count). The molecular weight excluding hydrogens is 362 g/mol. The fraction of sp³-hybridized carbons (Fsp3) is 0.300. The number of rotatable bonds is 4. The lowest BCUT2D eigenvalue weighted by Crippen LogP contribution is -2.14. The minimum absolute atomic E-state index is 0.109. The van der Waals surface area contributed by atoms with E-state index in [1.807, 2.05) is 31.4 Å². The van der Waals surface area contributed by atoms with Gasteiger partial charge in [-0.3, -0.25) is 9.36 Å². The van der Waals surface area contributed by atoms with E-state index >= 15 is 0 Å². The molecule has 0 bridgehead atoms. The Bertz CT molecular complexity index is 957. The van der Waals surface area contributed by atoms with Gasteiger partial charge in [0.25, 0.3) is 0 Å². The maximum absolute atomic E-state index is 12.4. The van der Waals surface area contributed by atoms with Gasteiger partial charge in [-0.1, -0.05) is 0 Å². The highest BCUT2D eigenvalue weighted by Gasteiger charge is 2.14. The van der Waals surface area contributed by atoms with Crippen molar-refractivity contribution in [2.24, 2.45) is 0 Å². The SMILES string of the molecule is Cc1ccc(C)n1-c1nc(CC(=O)Nc2ccc3c(c2)OCCCO3)cs1. The molecule has 0 aliphatic carbocycles. The van der Waals surface area contributed by atoms with Crippen molar-refractivity contribution < 1.29 is 14.3 Å². The van der Waals surface area contributed by atoms with Gasteiger partial charge in [-0.2, -0.15) is 0 Å². The number of amides is 1. The van der Waals surface area contributed by atoms with Gasteiger partial charge < -0.3 is 14.8 Å². The Balaban J connectivity index is 1.44. The first-order chi connectivity index (χ1) is 13.1. The van der Waals surface area contributed by atoms with E-state index < -0.39 is 0 Å². The van der Waals surface area contributed by atoms with Crippen LogP contribution in [0.15, 0.2) is 35.7 Å². The van der Waals surface area contributed by atoms with Gasteiger partial charge in [0.05, 0.1) is 25.3 Å². The molecule has 0 saturated heterocycles. The third-order valence-electron chi connectivity index (χ3n) is 4.38. The van der Waals surface area contributed by atoms with E-state index in [1.165, 1.54) is 0 Å². The summed E-state index contributed by atoms with van der Waals surface area (Å²) in [7, 11) is 0. The number of anilines is 1. The zero-order chi connectivity index (χ0) is 18.8. The second-order valence-electron chi connectivity index (χ2n) is 6.51. The topological polar surface area (TPSA) is 65.4 Å². The molecule has 1 aliphatic heterocycles. The smallest absolute Gasteiger partial charge is 0.230 e. The second-order valence-corrected chi connectivity index (χ2v) is 7.35. The van der Waals surface area contributed by atoms with E-state index in [4.69, 9.17) is 9.47 Å². The number of thiazole rings is 1. The molecule has 0 spiro atoms. The van der Waals surface area contributed by atoms with Crippen LogP contribution in [0.3, 0.4) is 0 Å². The van der Waals surface area contributed by atoms with Crippen molar-refractivity contribution in [3.8, 4) is 16.6 Å². The average Bonchev–Trinajstić information content (AvgIpc) is 3.13. The zero-order valence-corrected chi connectivity index (χ0v) is 16.1.